The lowest BCUT2D eigenvalue weighted by Crippen LogP contribution is -1.98. The van der Waals surface area contributed by atoms with Gasteiger partial charge in [-0.25, -0.2) is 4.68 Å². The van der Waals surface area contributed by atoms with E-state index in [9.17, 15) is 0 Å². The van der Waals surface area contributed by atoms with Crippen LogP contribution in [0.4, 0.5) is 0 Å². The molecular formula is C3H5ClN4. The van der Waals surface area contributed by atoms with Crippen molar-refractivity contribution in [1.82, 2.24) is 20.2 Å². The first-order chi connectivity index (χ1) is 3.93. The fourth-order valence-corrected chi connectivity index (χ4v) is 0.542. The molecule has 1 rings (SSSR count). The number of halogens is 1. The standard InChI is InChI=1S/C3H5ClN4/c4-1-2-8-3-5-6-7-8/h3H,1-2H2. The van der Waals surface area contributed by atoms with E-state index in [1.54, 1.807) is 4.68 Å². The third-order valence-electron chi connectivity index (χ3n) is 0.705. The van der Waals surface area contributed by atoms with Gasteiger partial charge in [0.05, 0.1) is 6.54 Å². The van der Waals surface area contributed by atoms with Gasteiger partial charge in [-0.05, 0) is 10.4 Å². The molecule has 0 N–H and O–H groups in total. The lowest BCUT2D eigenvalue weighted by molar-refractivity contribution is 0.629. The van der Waals surface area contributed by atoms with E-state index in [4.69, 9.17) is 11.6 Å². The molecule has 1 heterocycles. The third kappa shape index (κ3) is 1.16. The number of hydrogen-bond acceptors (Lipinski definition) is 3. The molecule has 0 aliphatic heterocycles. The fraction of sp³-hybridized carbons (Fsp3) is 0.667. The topological polar surface area (TPSA) is 43.6 Å². The monoisotopic (exact) mass is 132 g/mol. The van der Waals surface area contributed by atoms with Gasteiger partial charge in [0.2, 0.25) is 0 Å². The molecule has 0 aromatic carbocycles. The van der Waals surface area contributed by atoms with Crippen molar-refractivity contribution in [3.05, 3.63) is 6.33 Å². The Labute approximate surface area is 51.4 Å². The number of hydrogen-bond donors (Lipinski definition) is 0. The van der Waals surface area contributed by atoms with Gasteiger partial charge in [0, 0.05) is 5.88 Å². The van der Waals surface area contributed by atoms with Crippen LogP contribution in [0.5, 0.6) is 0 Å². The number of nitrogens with zero attached hydrogens (tertiary/aromatic N) is 4. The third-order valence-corrected chi connectivity index (χ3v) is 0.874. The minimum Gasteiger partial charge on any atom is -0.231 e. The number of rotatable bonds is 2. The van der Waals surface area contributed by atoms with E-state index in [1.807, 2.05) is 0 Å². The highest BCUT2D eigenvalue weighted by molar-refractivity contribution is 6.17. The molecule has 0 aliphatic carbocycles. The number of tetrazole rings is 1. The van der Waals surface area contributed by atoms with Gasteiger partial charge in [0.1, 0.15) is 6.33 Å². The summed E-state index contributed by atoms with van der Waals surface area (Å²) in [6, 6.07) is 0. The molecule has 0 spiro atoms. The Hall–Kier alpha value is -0.640. The largest absolute Gasteiger partial charge is 0.231 e. The smallest absolute Gasteiger partial charge is 0.138 e. The van der Waals surface area contributed by atoms with Crippen LogP contribution in [0.25, 0.3) is 0 Å². The van der Waals surface area contributed by atoms with Crippen molar-refractivity contribution in [2.75, 3.05) is 5.88 Å². The molecule has 4 nitrogen and oxygen atoms in total. The summed E-state index contributed by atoms with van der Waals surface area (Å²) in [6.07, 6.45) is 1.53. The van der Waals surface area contributed by atoms with Crippen molar-refractivity contribution < 1.29 is 0 Å². The second-order valence-corrected chi connectivity index (χ2v) is 1.64. The Balaban J connectivity index is 2.50. The van der Waals surface area contributed by atoms with Crippen LogP contribution in [0, 0.1) is 0 Å². The minimum atomic E-state index is 0.547. The Morgan fingerprint density at radius 3 is 3.00 bits per heavy atom. The number of aryl methyl sites for hydroxylation is 1. The lowest BCUT2D eigenvalue weighted by atomic mass is 10.8. The van der Waals surface area contributed by atoms with Gasteiger partial charge >= 0.3 is 0 Å². The summed E-state index contributed by atoms with van der Waals surface area (Å²) in [4.78, 5) is 0. The molecular weight excluding hydrogens is 128 g/mol. The normalized spacial score (nSPS) is 9.62. The van der Waals surface area contributed by atoms with Gasteiger partial charge in [-0.2, -0.15) is 0 Å². The quantitative estimate of drug-likeness (QED) is 0.529. The van der Waals surface area contributed by atoms with Crippen LogP contribution in [-0.4, -0.2) is 26.1 Å². The maximum Gasteiger partial charge on any atom is 0.138 e. The Bertz CT molecular complexity index is 137. The minimum absolute atomic E-state index is 0.547. The van der Waals surface area contributed by atoms with Crippen molar-refractivity contribution in [3.63, 3.8) is 0 Å². The predicted octanol–water partition coefficient (Wildman–Crippen LogP) is -0.0881. The van der Waals surface area contributed by atoms with Gasteiger partial charge in [-0.15, -0.1) is 16.7 Å². The summed E-state index contributed by atoms with van der Waals surface area (Å²) >= 11 is 5.38. The van der Waals surface area contributed by atoms with Crippen molar-refractivity contribution in [1.29, 1.82) is 0 Å². The highest BCUT2D eigenvalue weighted by Crippen LogP contribution is 1.79. The first kappa shape index (κ1) is 5.50. The Morgan fingerprint density at radius 2 is 2.50 bits per heavy atom. The highest BCUT2D eigenvalue weighted by atomic mass is 35.5. The summed E-state index contributed by atoms with van der Waals surface area (Å²) in [7, 11) is 0. The van der Waals surface area contributed by atoms with E-state index in [1.165, 1.54) is 6.33 Å². The predicted molar refractivity (Wildman–Crippen MR) is 28.5 cm³/mol. The van der Waals surface area contributed by atoms with Crippen LogP contribution in [0.1, 0.15) is 0 Å². The molecule has 1 aromatic heterocycles. The average molecular weight is 133 g/mol. The molecule has 8 heavy (non-hydrogen) atoms. The first-order valence-electron chi connectivity index (χ1n) is 2.20. The zero-order valence-corrected chi connectivity index (χ0v) is 4.91. The van der Waals surface area contributed by atoms with E-state index >= 15 is 0 Å². The maximum absolute atomic E-state index is 5.38. The summed E-state index contributed by atoms with van der Waals surface area (Å²) < 4.78 is 1.58. The molecule has 0 unspecified atom stereocenters. The van der Waals surface area contributed by atoms with Gasteiger partial charge in [-0.3, -0.25) is 0 Å². The molecule has 1 aromatic rings. The van der Waals surface area contributed by atoms with Crippen LogP contribution in [0.3, 0.4) is 0 Å². The Kier molecular flexibility index (Phi) is 1.80. The summed E-state index contributed by atoms with van der Waals surface area (Å²) in [5.41, 5.74) is 0. The van der Waals surface area contributed by atoms with Crippen LogP contribution < -0.4 is 0 Å². The first-order valence-corrected chi connectivity index (χ1v) is 2.73. The van der Waals surface area contributed by atoms with E-state index in [0.29, 0.717) is 12.4 Å². The van der Waals surface area contributed by atoms with E-state index in [-0.39, 0.29) is 0 Å². The second kappa shape index (κ2) is 2.61. The Morgan fingerprint density at radius 1 is 1.62 bits per heavy atom. The van der Waals surface area contributed by atoms with E-state index < -0.39 is 0 Å². The number of aromatic nitrogens is 4. The SMILES string of the molecule is ClCCn1cnnn1. The molecule has 0 bridgehead atoms. The van der Waals surface area contributed by atoms with Gasteiger partial charge in [-0.1, -0.05) is 0 Å². The number of alkyl halides is 1. The summed E-state index contributed by atoms with van der Waals surface area (Å²) in [6.45, 7) is 0.675. The van der Waals surface area contributed by atoms with Crippen molar-refractivity contribution >= 4 is 11.6 Å². The van der Waals surface area contributed by atoms with Crippen molar-refractivity contribution in [2.45, 2.75) is 6.54 Å². The van der Waals surface area contributed by atoms with Crippen LogP contribution >= 0.6 is 11.6 Å². The van der Waals surface area contributed by atoms with Gasteiger partial charge in [0.25, 0.3) is 0 Å². The highest BCUT2D eigenvalue weighted by Gasteiger charge is 1.86. The molecule has 0 fully saturated rings. The van der Waals surface area contributed by atoms with Crippen LogP contribution in [0.2, 0.25) is 0 Å². The zero-order valence-electron chi connectivity index (χ0n) is 4.16. The lowest BCUT2D eigenvalue weighted by Gasteiger charge is -1.87. The maximum atomic E-state index is 5.38. The average Bonchev–Trinajstić information content (AvgIpc) is 2.19. The summed E-state index contributed by atoms with van der Waals surface area (Å²) in [5, 5.41) is 10.4. The zero-order chi connectivity index (χ0) is 5.82. The fourth-order valence-electron chi connectivity index (χ4n) is 0.369. The van der Waals surface area contributed by atoms with E-state index in [0.717, 1.165) is 0 Å². The van der Waals surface area contributed by atoms with Gasteiger partial charge in [0.15, 0.2) is 0 Å². The van der Waals surface area contributed by atoms with Crippen LogP contribution in [-0.2, 0) is 6.54 Å². The summed E-state index contributed by atoms with van der Waals surface area (Å²) in [5.74, 6) is 0.547. The van der Waals surface area contributed by atoms with Crippen molar-refractivity contribution in [2.24, 2.45) is 0 Å². The second-order valence-electron chi connectivity index (χ2n) is 1.26. The van der Waals surface area contributed by atoms with E-state index in [2.05, 4.69) is 15.5 Å². The molecule has 44 valence electrons. The molecule has 5 heteroatoms. The molecule has 0 atom stereocenters. The molecule has 0 aliphatic rings. The van der Waals surface area contributed by atoms with Gasteiger partial charge < -0.3 is 0 Å². The molecule has 0 radical (unpaired) electrons. The molecule has 0 saturated carbocycles. The molecule has 0 saturated heterocycles. The van der Waals surface area contributed by atoms with Crippen molar-refractivity contribution in [3.8, 4) is 0 Å². The van der Waals surface area contributed by atoms with Crippen LogP contribution in [0.15, 0.2) is 6.33 Å². The molecule has 0 amide bonds.